The molecule has 2 rings (SSSR count). The summed E-state index contributed by atoms with van der Waals surface area (Å²) in [5.74, 6) is 0. The summed E-state index contributed by atoms with van der Waals surface area (Å²) in [6.07, 6.45) is 9.10. The number of aryl methyl sites for hydroxylation is 2. The van der Waals surface area contributed by atoms with Crippen molar-refractivity contribution in [1.29, 1.82) is 0 Å². The van der Waals surface area contributed by atoms with Crippen LogP contribution in [0.4, 0.5) is 0 Å². The van der Waals surface area contributed by atoms with Crippen molar-refractivity contribution in [3.05, 3.63) is 45.5 Å². The molecule has 35 heavy (non-hydrogen) atoms. The molecular weight excluding hydrogens is 481 g/mol. The van der Waals surface area contributed by atoms with Gasteiger partial charge in [0.1, 0.15) is 0 Å². The molecule has 2 aromatic carbocycles. The molecule has 0 spiro atoms. The fourth-order valence-corrected chi connectivity index (χ4v) is 8.88. The average Bonchev–Trinajstić information content (AvgIpc) is 2.88. The fourth-order valence-electron chi connectivity index (χ4n) is 4.79. The second-order valence-electron chi connectivity index (χ2n) is 9.54. The molecule has 2 atom stereocenters. The molecule has 0 aliphatic carbocycles. The molecule has 0 saturated heterocycles. The van der Waals surface area contributed by atoms with Crippen molar-refractivity contribution in [3.8, 4) is 0 Å². The van der Waals surface area contributed by atoms with Crippen LogP contribution < -0.4 is 0 Å². The van der Waals surface area contributed by atoms with Crippen LogP contribution in [0.3, 0.4) is 0 Å². The summed E-state index contributed by atoms with van der Waals surface area (Å²) in [6.45, 7) is 23.4. The molecule has 3 heteroatoms. The SMILES string of the molecule is CCc1cc(Sc2cc(CC)c(SC(C)CC)c(CC)c2CC)c(CC)c(CC)c1SC(C)CC. The van der Waals surface area contributed by atoms with E-state index in [1.165, 1.54) is 22.6 Å². The van der Waals surface area contributed by atoms with Crippen molar-refractivity contribution in [2.45, 2.75) is 151 Å². The number of hydrogen-bond donors (Lipinski definition) is 0. The molecule has 0 aliphatic heterocycles. The van der Waals surface area contributed by atoms with Gasteiger partial charge in [-0.1, -0.05) is 81.0 Å². The lowest BCUT2D eigenvalue weighted by Gasteiger charge is -2.25. The Bertz CT molecular complexity index is 883. The zero-order valence-corrected chi connectivity index (χ0v) is 26.6. The van der Waals surface area contributed by atoms with Crippen molar-refractivity contribution >= 4 is 35.3 Å². The van der Waals surface area contributed by atoms with Gasteiger partial charge in [-0.15, -0.1) is 23.5 Å². The van der Waals surface area contributed by atoms with Gasteiger partial charge >= 0.3 is 0 Å². The Labute approximate surface area is 230 Å². The molecule has 0 fully saturated rings. The minimum absolute atomic E-state index is 0.662. The van der Waals surface area contributed by atoms with Crippen molar-refractivity contribution in [3.63, 3.8) is 0 Å². The van der Waals surface area contributed by atoms with Crippen LogP contribution >= 0.6 is 35.3 Å². The smallest absolute Gasteiger partial charge is 0.0160 e. The van der Waals surface area contributed by atoms with Gasteiger partial charge in [0.05, 0.1) is 0 Å². The van der Waals surface area contributed by atoms with Crippen molar-refractivity contribution < 1.29 is 0 Å². The molecular formula is C32H50S3. The highest BCUT2D eigenvalue weighted by molar-refractivity contribution is 8.00. The molecule has 0 heterocycles. The van der Waals surface area contributed by atoms with E-state index in [9.17, 15) is 0 Å². The Hall–Kier alpha value is -0.510. The van der Waals surface area contributed by atoms with Crippen LogP contribution in [0.5, 0.6) is 0 Å². The second kappa shape index (κ2) is 15.0. The minimum atomic E-state index is 0.662. The molecule has 0 bridgehead atoms. The van der Waals surface area contributed by atoms with Crippen LogP contribution in [0.2, 0.25) is 0 Å². The highest BCUT2D eigenvalue weighted by Crippen LogP contribution is 2.45. The zero-order valence-electron chi connectivity index (χ0n) is 24.2. The normalized spacial score (nSPS) is 13.3. The first-order valence-corrected chi connectivity index (χ1v) is 16.8. The maximum Gasteiger partial charge on any atom is 0.0160 e. The third-order valence-electron chi connectivity index (χ3n) is 7.25. The summed E-state index contributed by atoms with van der Waals surface area (Å²) in [6, 6.07) is 5.09. The highest BCUT2D eigenvalue weighted by atomic mass is 32.2. The van der Waals surface area contributed by atoms with Crippen molar-refractivity contribution in [2.75, 3.05) is 0 Å². The lowest BCUT2D eigenvalue weighted by molar-refractivity contribution is 0.884. The standard InChI is InChI=1S/C32H50S3/c1-11-21(9)33-31-23(13-3)19-29(25(15-5)27(31)17-7)35-30-20-24(14-4)32(34-22(10)12-2)28(18-8)26(30)16-6/h19-22H,11-18H2,1-10H3. The maximum absolute atomic E-state index is 2.55. The van der Waals surface area contributed by atoms with Gasteiger partial charge in [0, 0.05) is 30.1 Å². The summed E-state index contributed by atoms with van der Waals surface area (Å²) in [5, 5.41) is 1.32. The Morgan fingerprint density at radius 2 is 0.857 bits per heavy atom. The summed E-state index contributed by atoms with van der Waals surface area (Å²) in [4.78, 5) is 6.14. The third-order valence-corrected chi connectivity index (χ3v) is 11.4. The maximum atomic E-state index is 2.55. The Balaban J connectivity index is 2.71. The Morgan fingerprint density at radius 1 is 0.514 bits per heavy atom. The second-order valence-corrected chi connectivity index (χ2v) is 13.5. The van der Waals surface area contributed by atoms with E-state index in [2.05, 4.69) is 117 Å². The van der Waals surface area contributed by atoms with E-state index in [0.29, 0.717) is 10.5 Å². The van der Waals surface area contributed by atoms with Gasteiger partial charge in [-0.2, -0.15) is 0 Å². The third kappa shape index (κ3) is 7.29. The van der Waals surface area contributed by atoms with Gasteiger partial charge in [-0.3, -0.25) is 0 Å². The Morgan fingerprint density at radius 3 is 1.11 bits per heavy atom. The topological polar surface area (TPSA) is 0 Å². The van der Waals surface area contributed by atoms with Gasteiger partial charge in [-0.25, -0.2) is 0 Å². The summed E-state index contributed by atoms with van der Waals surface area (Å²) in [5.41, 5.74) is 9.45. The van der Waals surface area contributed by atoms with E-state index < -0.39 is 0 Å². The summed E-state index contributed by atoms with van der Waals surface area (Å²) >= 11 is 6.27. The molecule has 0 aliphatic rings. The molecule has 2 unspecified atom stereocenters. The van der Waals surface area contributed by atoms with Gasteiger partial charge < -0.3 is 0 Å². The predicted octanol–water partition coefficient (Wildman–Crippen LogP) is 11.0. The molecule has 0 aromatic heterocycles. The monoisotopic (exact) mass is 530 g/mol. The molecule has 0 amide bonds. The number of hydrogen-bond acceptors (Lipinski definition) is 3. The molecule has 196 valence electrons. The molecule has 2 aromatic rings. The van der Waals surface area contributed by atoms with E-state index in [4.69, 9.17) is 0 Å². The first-order valence-electron chi connectivity index (χ1n) is 14.2. The first-order chi connectivity index (χ1) is 16.8. The highest BCUT2D eigenvalue weighted by Gasteiger charge is 2.22. The molecule has 0 radical (unpaired) electrons. The summed E-state index contributed by atoms with van der Waals surface area (Å²) < 4.78 is 0. The van der Waals surface area contributed by atoms with Crippen LogP contribution in [-0.4, -0.2) is 10.5 Å². The van der Waals surface area contributed by atoms with Crippen molar-refractivity contribution in [2.24, 2.45) is 0 Å². The van der Waals surface area contributed by atoms with Gasteiger partial charge in [0.25, 0.3) is 0 Å². The van der Waals surface area contributed by atoms with E-state index >= 15 is 0 Å². The molecule has 0 saturated carbocycles. The van der Waals surface area contributed by atoms with Gasteiger partial charge in [0.15, 0.2) is 0 Å². The zero-order chi connectivity index (χ0) is 26.1. The Kier molecular flexibility index (Phi) is 13.2. The van der Waals surface area contributed by atoms with Crippen LogP contribution in [0.25, 0.3) is 0 Å². The summed E-state index contributed by atoms with van der Waals surface area (Å²) in [7, 11) is 0. The van der Waals surface area contributed by atoms with Crippen molar-refractivity contribution in [1.82, 2.24) is 0 Å². The lowest BCUT2D eigenvalue weighted by Crippen LogP contribution is -2.06. The van der Waals surface area contributed by atoms with Crippen LogP contribution in [0.1, 0.15) is 115 Å². The number of benzene rings is 2. The van der Waals surface area contributed by atoms with E-state index in [1.54, 1.807) is 43.2 Å². The van der Waals surface area contributed by atoms with Crippen LogP contribution in [0.15, 0.2) is 31.7 Å². The van der Waals surface area contributed by atoms with Gasteiger partial charge in [-0.05, 0) is 96.9 Å². The molecule has 0 nitrogen and oxygen atoms in total. The van der Waals surface area contributed by atoms with Crippen LogP contribution in [0, 0.1) is 0 Å². The average molecular weight is 531 g/mol. The largest absolute Gasteiger partial charge is 0.122 e. The minimum Gasteiger partial charge on any atom is -0.122 e. The van der Waals surface area contributed by atoms with E-state index in [1.807, 2.05) is 0 Å². The van der Waals surface area contributed by atoms with Crippen LogP contribution in [-0.2, 0) is 38.5 Å². The predicted molar refractivity (Wildman–Crippen MR) is 164 cm³/mol. The number of thioether (sulfide) groups is 2. The first kappa shape index (κ1) is 30.7. The molecule has 0 N–H and O–H groups in total. The number of rotatable bonds is 14. The lowest BCUT2D eigenvalue weighted by atomic mass is 9.98. The van der Waals surface area contributed by atoms with E-state index in [-0.39, 0.29) is 0 Å². The quantitative estimate of drug-likeness (QED) is 0.223. The fraction of sp³-hybridized carbons (Fsp3) is 0.625. The van der Waals surface area contributed by atoms with Gasteiger partial charge in [0.2, 0.25) is 0 Å². The van der Waals surface area contributed by atoms with E-state index in [0.717, 1.165) is 38.5 Å².